The SMILES string of the molecule is Cc1nc(CC(=O)NC2(C(F)F)CC2)c(C2OCCO2)c(NC(C)c2cccc(C(C)(F)F)c2F)n1. The van der Waals surface area contributed by atoms with Crippen LogP contribution in [-0.4, -0.2) is 41.1 Å². The van der Waals surface area contributed by atoms with Crippen LogP contribution >= 0.6 is 0 Å². The molecule has 1 aliphatic heterocycles. The van der Waals surface area contributed by atoms with Crippen molar-refractivity contribution in [3.63, 3.8) is 0 Å². The number of aromatic nitrogens is 2. The number of alkyl halides is 4. The van der Waals surface area contributed by atoms with Crippen LogP contribution in [-0.2, 0) is 26.6 Å². The van der Waals surface area contributed by atoms with Crippen LogP contribution < -0.4 is 10.6 Å². The smallest absolute Gasteiger partial charge is 0.273 e. The van der Waals surface area contributed by atoms with Gasteiger partial charge in [-0.05, 0) is 26.7 Å². The number of hydrogen-bond acceptors (Lipinski definition) is 6. The molecular weight excluding hydrogens is 487 g/mol. The minimum Gasteiger partial charge on any atom is -0.363 e. The number of ether oxygens (including phenoxy) is 2. The summed E-state index contributed by atoms with van der Waals surface area (Å²) in [4.78, 5) is 21.3. The summed E-state index contributed by atoms with van der Waals surface area (Å²) in [6.45, 7) is 4.27. The van der Waals surface area contributed by atoms with E-state index in [1.54, 1.807) is 13.8 Å². The van der Waals surface area contributed by atoms with Crippen molar-refractivity contribution in [2.75, 3.05) is 18.5 Å². The van der Waals surface area contributed by atoms with E-state index in [-0.39, 0.29) is 60.9 Å². The van der Waals surface area contributed by atoms with Gasteiger partial charge in [-0.15, -0.1) is 0 Å². The molecule has 2 heterocycles. The molecule has 1 aliphatic carbocycles. The van der Waals surface area contributed by atoms with Crippen molar-refractivity contribution in [2.45, 2.75) is 70.3 Å². The molecule has 2 fully saturated rings. The maximum Gasteiger partial charge on any atom is 0.273 e. The second-order valence-corrected chi connectivity index (χ2v) is 9.20. The van der Waals surface area contributed by atoms with E-state index >= 15 is 0 Å². The molecule has 1 atom stereocenters. The van der Waals surface area contributed by atoms with E-state index in [0.29, 0.717) is 6.92 Å². The Hall–Kier alpha value is -2.86. The summed E-state index contributed by atoms with van der Waals surface area (Å²) in [5.41, 5.74) is -1.81. The van der Waals surface area contributed by atoms with Gasteiger partial charge >= 0.3 is 0 Å². The fraction of sp³-hybridized carbons (Fsp3) is 0.542. The molecule has 4 rings (SSSR count). The standard InChI is InChI=1S/C24H27F5N4O3/c1-12(14-5-4-6-15(19(14)25)23(3,28)29)30-20-18(21-35-9-10-36-21)16(31-13(2)32-20)11-17(34)33-24(7-8-24)22(26)27/h4-6,12,21-22H,7-11H2,1-3H3,(H,33,34)(H,30,31,32). The number of nitrogens with zero attached hydrogens (tertiary/aromatic N) is 2. The Balaban J connectivity index is 1.66. The molecule has 0 bridgehead atoms. The largest absolute Gasteiger partial charge is 0.363 e. The summed E-state index contributed by atoms with van der Waals surface area (Å²) in [7, 11) is 0. The van der Waals surface area contributed by atoms with Gasteiger partial charge in [0.2, 0.25) is 5.91 Å². The maximum atomic E-state index is 15.0. The van der Waals surface area contributed by atoms with Gasteiger partial charge in [0.1, 0.15) is 23.0 Å². The number of rotatable bonds is 9. The first-order valence-electron chi connectivity index (χ1n) is 11.5. The predicted octanol–water partition coefficient (Wildman–Crippen LogP) is 4.71. The number of carbonyl (C=O) groups excluding carboxylic acids is 1. The average Bonchev–Trinajstić information content (AvgIpc) is 3.35. The Morgan fingerprint density at radius 1 is 1.22 bits per heavy atom. The van der Waals surface area contributed by atoms with Crippen molar-refractivity contribution in [1.82, 2.24) is 15.3 Å². The molecule has 1 unspecified atom stereocenters. The molecular formula is C24H27F5N4O3. The third kappa shape index (κ3) is 5.44. The van der Waals surface area contributed by atoms with Gasteiger partial charge in [0.05, 0.1) is 42.5 Å². The molecule has 0 radical (unpaired) electrons. The second kappa shape index (κ2) is 9.89. The van der Waals surface area contributed by atoms with Gasteiger partial charge in [-0.2, -0.15) is 0 Å². The first-order chi connectivity index (χ1) is 16.9. The van der Waals surface area contributed by atoms with E-state index < -0.39 is 47.5 Å². The van der Waals surface area contributed by atoms with E-state index in [0.717, 1.165) is 6.07 Å². The normalized spacial score (nSPS) is 18.4. The van der Waals surface area contributed by atoms with Crippen LogP contribution in [0.15, 0.2) is 18.2 Å². The summed E-state index contributed by atoms with van der Waals surface area (Å²) < 4.78 is 80.5. The van der Waals surface area contributed by atoms with Crippen molar-refractivity contribution in [1.29, 1.82) is 0 Å². The number of aryl methyl sites for hydroxylation is 1. The molecule has 1 aromatic heterocycles. The summed E-state index contributed by atoms with van der Waals surface area (Å²) in [5.74, 6) is -4.66. The molecule has 12 heteroatoms. The lowest BCUT2D eigenvalue weighted by Gasteiger charge is -2.24. The zero-order chi connectivity index (χ0) is 26.3. The number of benzene rings is 1. The Bertz CT molecular complexity index is 1130. The molecule has 7 nitrogen and oxygen atoms in total. The first-order valence-corrected chi connectivity index (χ1v) is 11.5. The summed E-state index contributed by atoms with van der Waals surface area (Å²) in [6.07, 6.45) is -3.61. The minimum atomic E-state index is -3.38. The molecule has 1 aromatic carbocycles. The fourth-order valence-electron chi connectivity index (χ4n) is 4.17. The van der Waals surface area contributed by atoms with Crippen LogP contribution in [0.25, 0.3) is 0 Å². The number of anilines is 1. The second-order valence-electron chi connectivity index (χ2n) is 9.20. The van der Waals surface area contributed by atoms with Crippen molar-refractivity contribution in [2.24, 2.45) is 0 Å². The van der Waals surface area contributed by atoms with Gasteiger partial charge in [0.25, 0.3) is 12.3 Å². The Labute approximate surface area is 204 Å². The molecule has 196 valence electrons. The third-order valence-electron chi connectivity index (χ3n) is 6.24. The predicted molar refractivity (Wildman–Crippen MR) is 119 cm³/mol. The Morgan fingerprint density at radius 3 is 2.47 bits per heavy atom. The Kier molecular flexibility index (Phi) is 7.20. The summed E-state index contributed by atoms with van der Waals surface area (Å²) in [6, 6.07) is 2.92. The highest BCUT2D eigenvalue weighted by Crippen LogP contribution is 2.41. The average molecular weight is 514 g/mol. The van der Waals surface area contributed by atoms with Crippen molar-refractivity contribution in [3.05, 3.63) is 52.2 Å². The number of amides is 1. The van der Waals surface area contributed by atoms with E-state index in [1.807, 2.05) is 0 Å². The fourth-order valence-corrected chi connectivity index (χ4v) is 4.17. The van der Waals surface area contributed by atoms with Crippen LogP contribution in [0.2, 0.25) is 0 Å². The number of nitrogens with one attached hydrogen (secondary N) is 2. The molecule has 1 saturated carbocycles. The lowest BCUT2D eigenvalue weighted by molar-refractivity contribution is -0.122. The van der Waals surface area contributed by atoms with E-state index in [1.165, 1.54) is 12.1 Å². The first kappa shape index (κ1) is 26.2. The lowest BCUT2D eigenvalue weighted by Crippen LogP contribution is -2.43. The van der Waals surface area contributed by atoms with Crippen molar-refractivity contribution < 1.29 is 36.2 Å². The molecule has 1 amide bonds. The molecule has 0 spiro atoms. The van der Waals surface area contributed by atoms with Crippen LogP contribution in [0, 0.1) is 12.7 Å². The topological polar surface area (TPSA) is 85.4 Å². The molecule has 2 aliphatic rings. The highest BCUT2D eigenvalue weighted by Gasteiger charge is 2.52. The highest BCUT2D eigenvalue weighted by molar-refractivity contribution is 5.80. The van der Waals surface area contributed by atoms with Crippen molar-refractivity contribution in [3.8, 4) is 0 Å². The van der Waals surface area contributed by atoms with Gasteiger partial charge < -0.3 is 20.1 Å². The summed E-state index contributed by atoms with van der Waals surface area (Å²) in [5, 5.41) is 5.40. The number of carbonyl (C=O) groups is 1. The third-order valence-corrected chi connectivity index (χ3v) is 6.24. The highest BCUT2D eigenvalue weighted by atomic mass is 19.3. The van der Waals surface area contributed by atoms with Crippen molar-refractivity contribution >= 4 is 11.7 Å². The zero-order valence-corrected chi connectivity index (χ0v) is 20.0. The maximum absolute atomic E-state index is 15.0. The zero-order valence-electron chi connectivity index (χ0n) is 20.0. The van der Waals surface area contributed by atoms with Gasteiger partial charge in [0, 0.05) is 12.5 Å². The van der Waals surface area contributed by atoms with Gasteiger partial charge in [-0.1, -0.05) is 18.2 Å². The number of hydrogen-bond donors (Lipinski definition) is 2. The molecule has 2 N–H and O–H groups in total. The number of halogens is 5. The quantitative estimate of drug-likeness (QED) is 0.472. The summed E-state index contributed by atoms with van der Waals surface area (Å²) >= 11 is 0. The lowest BCUT2D eigenvalue weighted by atomic mass is 10.0. The van der Waals surface area contributed by atoms with Gasteiger partial charge in [0.15, 0.2) is 6.29 Å². The van der Waals surface area contributed by atoms with Gasteiger partial charge in [-0.25, -0.2) is 31.9 Å². The van der Waals surface area contributed by atoms with Crippen LogP contribution in [0.3, 0.4) is 0 Å². The van der Waals surface area contributed by atoms with E-state index in [2.05, 4.69) is 20.6 Å². The molecule has 2 aromatic rings. The van der Waals surface area contributed by atoms with Crippen LogP contribution in [0.1, 0.15) is 67.2 Å². The van der Waals surface area contributed by atoms with E-state index in [4.69, 9.17) is 9.47 Å². The molecule has 1 saturated heterocycles. The van der Waals surface area contributed by atoms with Crippen LogP contribution in [0.5, 0.6) is 0 Å². The Morgan fingerprint density at radius 2 is 1.89 bits per heavy atom. The van der Waals surface area contributed by atoms with E-state index in [9.17, 15) is 26.7 Å². The monoisotopic (exact) mass is 514 g/mol. The molecule has 36 heavy (non-hydrogen) atoms. The van der Waals surface area contributed by atoms with Crippen LogP contribution in [0.4, 0.5) is 27.8 Å². The minimum absolute atomic E-state index is 0.0172. The van der Waals surface area contributed by atoms with Gasteiger partial charge in [-0.3, -0.25) is 4.79 Å².